The van der Waals surface area contributed by atoms with Crippen LogP contribution in [0.2, 0.25) is 0 Å². The van der Waals surface area contributed by atoms with Crippen LogP contribution in [-0.4, -0.2) is 23.2 Å². The fraction of sp³-hybridized carbons (Fsp3) is 0.938. The summed E-state index contributed by atoms with van der Waals surface area (Å²) in [4.78, 5) is 11.5. The average Bonchev–Trinajstić information content (AvgIpc) is 2.95. The van der Waals surface area contributed by atoms with Crippen LogP contribution in [-0.2, 0) is 4.79 Å². The van der Waals surface area contributed by atoms with Crippen molar-refractivity contribution in [3.8, 4) is 0 Å². The van der Waals surface area contributed by atoms with Crippen molar-refractivity contribution in [1.82, 2.24) is 5.32 Å². The van der Waals surface area contributed by atoms with E-state index in [1.165, 1.54) is 25.7 Å². The normalized spacial score (nSPS) is 49.5. The molecule has 3 aliphatic carbocycles. The van der Waals surface area contributed by atoms with Crippen molar-refractivity contribution >= 4 is 5.97 Å². The van der Waals surface area contributed by atoms with E-state index >= 15 is 0 Å². The van der Waals surface area contributed by atoms with Gasteiger partial charge in [0.2, 0.25) is 0 Å². The lowest BCUT2D eigenvalue weighted by Crippen LogP contribution is -2.52. The molecular weight excluding hydrogens is 238 g/mol. The first-order valence-corrected chi connectivity index (χ1v) is 8.06. The number of fused-ring (bicyclic) bond motifs is 2. The Bertz CT molecular complexity index is 357. The summed E-state index contributed by atoms with van der Waals surface area (Å²) in [5.74, 6) is 1.83. The molecule has 0 radical (unpaired) electrons. The third kappa shape index (κ3) is 2.31. The predicted octanol–water partition coefficient (Wildman–Crippen LogP) is 2.90. The third-order valence-electron chi connectivity index (χ3n) is 6.31. The van der Waals surface area contributed by atoms with Crippen molar-refractivity contribution in [1.29, 1.82) is 0 Å². The minimum absolute atomic E-state index is 0.122. The van der Waals surface area contributed by atoms with E-state index in [0.29, 0.717) is 23.8 Å². The molecule has 3 fully saturated rings. The molecule has 0 aromatic carbocycles. The van der Waals surface area contributed by atoms with Gasteiger partial charge in [0.25, 0.3) is 0 Å². The fourth-order valence-corrected chi connectivity index (χ4v) is 4.95. The van der Waals surface area contributed by atoms with E-state index in [-0.39, 0.29) is 12.0 Å². The molecule has 3 rings (SSSR count). The van der Waals surface area contributed by atoms with Gasteiger partial charge in [-0.1, -0.05) is 26.7 Å². The molecule has 0 aromatic rings. The van der Waals surface area contributed by atoms with Crippen LogP contribution in [0, 0.1) is 29.6 Å². The number of rotatable bonds is 3. The molecule has 2 N–H and O–H groups in total. The Kier molecular flexibility index (Phi) is 3.59. The van der Waals surface area contributed by atoms with E-state index < -0.39 is 5.97 Å². The van der Waals surface area contributed by atoms with E-state index in [0.717, 1.165) is 18.8 Å². The second kappa shape index (κ2) is 5.08. The van der Waals surface area contributed by atoms with E-state index in [9.17, 15) is 9.90 Å². The van der Waals surface area contributed by atoms with Crippen molar-refractivity contribution in [3.05, 3.63) is 0 Å². The van der Waals surface area contributed by atoms with Gasteiger partial charge in [-0.2, -0.15) is 0 Å². The third-order valence-corrected chi connectivity index (χ3v) is 6.31. The van der Waals surface area contributed by atoms with Gasteiger partial charge in [0.15, 0.2) is 0 Å². The highest BCUT2D eigenvalue weighted by Crippen LogP contribution is 2.49. The Hall–Kier alpha value is -0.570. The molecule has 0 spiro atoms. The number of carboxylic acid groups (broad SMARTS) is 1. The molecular formula is C16H27NO2. The smallest absolute Gasteiger partial charge is 0.308 e. The number of nitrogens with one attached hydrogen (secondary N) is 1. The Morgan fingerprint density at radius 1 is 1.11 bits per heavy atom. The average molecular weight is 265 g/mol. The highest BCUT2D eigenvalue weighted by molar-refractivity contribution is 5.72. The molecule has 108 valence electrons. The van der Waals surface area contributed by atoms with Gasteiger partial charge in [-0.3, -0.25) is 4.79 Å². The second-order valence-corrected chi connectivity index (χ2v) is 7.26. The lowest BCUT2D eigenvalue weighted by Gasteiger charge is -2.39. The summed E-state index contributed by atoms with van der Waals surface area (Å²) in [5, 5.41) is 13.3. The van der Waals surface area contributed by atoms with Gasteiger partial charge in [-0.05, 0) is 49.4 Å². The first-order chi connectivity index (χ1) is 9.08. The Labute approximate surface area is 116 Å². The standard InChI is InChI=1S/C16H27NO2/c1-9-4-3-5-13(10(9)2)17-15-12-7-6-11(8-12)14(15)16(18)19/h9-15,17H,3-8H2,1-2H3,(H,18,19). The molecule has 0 saturated heterocycles. The zero-order valence-electron chi connectivity index (χ0n) is 12.1. The van der Waals surface area contributed by atoms with Crippen LogP contribution in [0.5, 0.6) is 0 Å². The summed E-state index contributed by atoms with van der Waals surface area (Å²) in [5.41, 5.74) is 0. The van der Waals surface area contributed by atoms with E-state index in [2.05, 4.69) is 19.2 Å². The maximum Gasteiger partial charge on any atom is 0.308 e. The van der Waals surface area contributed by atoms with Crippen molar-refractivity contribution < 1.29 is 9.90 Å². The molecule has 3 saturated carbocycles. The van der Waals surface area contributed by atoms with Gasteiger partial charge in [0.05, 0.1) is 5.92 Å². The van der Waals surface area contributed by atoms with Crippen LogP contribution in [0.1, 0.15) is 52.4 Å². The molecule has 19 heavy (non-hydrogen) atoms. The summed E-state index contributed by atoms with van der Waals surface area (Å²) >= 11 is 0. The van der Waals surface area contributed by atoms with Gasteiger partial charge >= 0.3 is 5.97 Å². The monoisotopic (exact) mass is 265 g/mol. The minimum Gasteiger partial charge on any atom is -0.481 e. The summed E-state index contributed by atoms with van der Waals surface area (Å²) in [6, 6.07) is 0.781. The lowest BCUT2D eigenvalue weighted by molar-refractivity contribution is -0.144. The Morgan fingerprint density at radius 2 is 1.84 bits per heavy atom. The molecule has 0 heterocycles. The van der Waals surface area contributed by atoms with E-state index in [1.807, 2.05) is 0 Å². The molecule has 0 amide bonds. The largest absolute Gasteiger partial charge is 0.481 e. The van der Waals surface area contributed by atoms with Crippen LogP contribution >= 0.6 is 0 Å². The summed E-state index contributed by atoms with van der Waals surface area (Å²) in [6.07, 6.45) is 7.37. The number of hydrogen-bond donors (Lipinski definition) is 2. The highest BCUT2D eigenvalue weighted by Gasteiger charge is 2.51. The maximum atomic E-state index is 11.5. The molecule has 3 heteroatoms. The number of carbonyl (C=O) groups is 1. The quantitative estimate of drug-likeness (QED) is 0.825. The fourth-order valence-electron chi connectivity index (χ4n) is 4.95. The molecule has 0 aromatic heterocycles. The van der Waals surface area contributed by atoms with Crippen molar-refractivity contribution in [2.45, 2.75) is 64.5 Å². The lowest BCUT2D eigenvalue weighted by atomic mass is 9.76. The van der Waals surface area contributed by atoms with Crippen LogP contribution < -0.4 is 5.32 Å². The Balaban J connectivity index is 1.69. The molecule has 3 aliphatic rings. The zero-order chi connectivity index (χ0) is 13.6. The molecule has 7 atom stereocenters. The van der Waals surface area contributed by atoms with Gasteiger partial charge in [-0.25, -0.2) is 0 Å². The van der Waals surface area contributed by atoms with Crippen LogP contribution in [0.3, 0.4) is 0 Å². The molecule has 2 bridgehead atoms. The highest BCUT2D eigenvalue weighted by atomic mass is 16.4. The minimum atomic E-state index is -0.568. The van der Waals surface area contributed by atoms with Crippen LogP contribution in [0.4, 0.5) is 0 Å². The second-order valence-electron chi connectivity index (χ2n) is 7.26. The van der Waals surface area contributed by atoms with Crippen LogP contribution in [0.25, 0.3) is 0 Å². The Morgan fingerprint density at radius 3 is 2.58 bits per heavy atom. The summed E-state index contributed by atoms with van der Waals surface area (Å²) in [6.45, 7) is 4.68. The topological polar surface area (TPSA) is 49.3 Å². The molecule has 0 aliphatic heterocycles. The summed E-state index contributed by atoms with van der Waals surface area (Å²) < 4.78 is 0. The van der Waals surface area contributed by atoms with Gasteiger partial charge in [0.1, 0.15) is 0 Å². The van der Waals surface area contributed by atoms with Gasteiger partial charge in [0, 0.05) is 12.1 Å². The number of aliphatic carboxylic acids is 1. The van der Waals surface area contributed by atoms with Crippen molar-refractivity contribution in [2.75, 3.05) is 0 Å². The first kappa shape index (κ1) is 13.4. The summed E-state index contributed by atoms with van der Waals surface area (Å²) in [7, 11) is 0. The number of carboxylic acids is 1. The van der Waals surface area contributed by atoms with E-state index in [1.54, 1.807) is 0 Å². The first-order valence-electron chi connectivity index (χ1n) is 8.06. The molecule has 3 nitrogen and oxygen atoms in total. The van der Waals surface area contributed by atoms with Gasteiger partial charge in [-0.15, -0.1) is 0 Å². The SMILES string of the molecule is CC1CCCC(NC2C3CCC(C3)C2C(=O)O)C1C. The van der Waals surface area contributed by atoms with Crippen LogP contribution in [0.15, 0.2) is 0 Å². The molecule has 7 unspecified atom stereocenters. The number of hydrogen-bond acceptors (Lipinski definition) is 2. The van der Waals surface area contributed by atoms with Gasteiger partial charge < -0.3 is 10.4 Å². The van der Waals surface area contributed by atoms with Crippen molar-refractivity contribution in [2.24, 2.45) is 29.6 Å². The van der Waals surface area contributed by atoms with E-state index in [4.69, 9.17) is 0 Å². The predicted molar refractivity (Wildman–Crippen MR) is 74.8 cm³/mol. The maximum absolute atomic E-state index is 11.5. The van der Waals surface area contributed by atoms with Crippen molar-refractivity contribution in [3.63, 3.8) is 0 Å². The zero-order valence-corrected chi connectivity index (χ0v) is 12.1.